The smallest absolute Gasteiger partial charge is 0.0576 e. The van der Waals surface area contributed by atoms with Crippen LogP contribution in [0.2, 0.25) is 0 Å². The average molecular weight is 339 g/mol. The number of aryl methyl sites for hydroxylation is 1. The van der Waals surface area contributed by atoms with Gasteiger partial charge in [-0.3, -0.25) is 9.58 Å². The molecule has 2 aliphatic rings. The summed E-state index contributed by atoms with van der Waals surface area (Å²) >= 11 is 1.89. The molecule has 2 N–H and O–H groups in total. The summed E-state index contributed by atoms with van der Waals surface area (Å²) in [5.41, 5.74) is 7.44. The first-order chi connectivity index (χ1) is 10.2. The van der Waals surface area contributed by atoms with Gasteiger partial charge in [0.15, 0.2) is 0 Å². The van der Waals surface area contributed by atoms with Crippen LogP contribution in [-0.4, -0.2) is 33.8 Å². The van der Waals surface area contributed by atoms with E-state index in [-0.39, 0.29) is 12.4 Å². The highest BCUT2D eigenvalue weighted by molar-refractivity contribution is 7.15. The van der Waals surface area contributed by atoms with Gasteiger partial charge in [-0.1, -0.05) is 0 Å². The topological polar surface area (TPSA) is 47.1 Å². The molecule has 2 aromatic heterocycles. The minimum absolute atomic E-state index is 0. The molecular weight excluding hydrogens is 316 g/mol. The van der Waals surface area contributed by atoms with Crippen molar-refractivity contribution in [2.24, 2.45) is 24.6 Å². The first kappa shape index (κ1) is 16.0. The van der Waals surface area contributed by atoms with Gasteiger partial charge in [-0.15, -0.1) is 23.7 Å². The molecule has 3 heterocycles. The van der Waals surface area contributed by atoms with E-state index in [0.717, 1.165) is 18.4 Å². The fourth-order valence-corrected chi connectivity index (χ4v) is 4.94. The molecule has 3 atom stereocenters. The molecule has 4 nitrogen and oxygen atoms in total. The number of hydrogen-bond acceptors (Lipinski definition) is 4. The van der Waals surface area contributed by atoms with Gasteiger partial charge in [-0.05, 0) is 36.8 Å². The normalized spacial score (nSPS) is 27.8. The summed E-state index contributed by atoms with van der Waals surface area (Å²) < 4.78 is 1.86. The molecule has 1 saturated heterocycles. The Kier molecular flexibility index (Phi) is 4.59. The highest BCUT2D eigenvalue weighted by Crippen LogP contribution is 2.38. The van der Waals surface area contributed by atoms with E-state index in [1.165, 1.54) is 41.2 Å². The van der Waals surface area contributed by atoms with Gasteiger partial charge >= 0.3 is 0 Å². The zero-order valence-electron chi connectivity index (χ0n) is 12.8. The minimum atomic E-state index is 0. The number of aromatic nitrogens is 2. The molecule has 2 aromatic rings. The van der Waals surface area contributed by atoms with Crippen molar-refractivity contribution in [3.05, 3.63) is 29.4 Å². The fourth-order valence-electron chi connectivity index (χ4n) is 3.92. The summed E-state index contributed by atoms with van der Waals surface area (Å²) in [5.74, 6) is 1.58. The van der Waals surface area contributed by atoms with Crippen LogP contribution >= 0.6 is 23.7 Å². The van der Waals surface area contributed by atoms with Gasteiger partial charge in [0, 0.05) is 54.2 Å². The lowest BCUT2D eigenvalue weighted by atomic mass is 9.98. The van der Waals surface area contributed by atoms with Crippen LogP contribution in [0.3, 0.4) is 0 Å². The van der Waals surface area contributed by atoms with Crippen molar-refractivity contribution in [3.8, 4) is 10.4 Å². The molecule has 0 aromatic carbocycles. The summed E-state index contributed by atoms with van der Waals surface area (Å²) in [6.45, 7) is 3.50. The standard InChI is InChI=1S/C16H22N4S.ClH/c1-19-7-12(6-18-19)16-5-3-13(21-16)9-20-8-11-2-4-15(17)14(11)10-20;/h3,5-7,11,14-15H,2,4,8-10,17H2,1H3;1H. The Bertz CT molecular complexity index is 638. The summed E-state index contributed by atoms with van der Waals surface area (Å²) in [7, 11) is 1.96. The van der Waals surface area contributed by atoms with E-state index in [0.29, 0.717) is 6.04 Å². The van der Waals surface area contributed by atoms with Crippen molar-refractivity contribution < 1.29 is 0 Å². The zero-order chi connectivity index (χ0) is 14.4. The molecule has 0 amide bonds. The third kappa shape index (κ3) is 2.95. The van der Waals surface area contributed by atoms with Gasteiger partial charge in [0.1, 0.15) is 0 Å². The van der Waals surface area contributed by atoms with Gasteiger partial charge in [0.2, 0.25) is 0 Å². The molecule has 22 heavy (non-hydrogen) atoms. The van der Waals surface area contributed by atoms with Crippen molar-refractivity contribution in [1.82, 2.24) is 14.7 Å². The lowest BCUT2D eigenvalue weighted by molar-refractivity contribution is 0.301. The summed E-state index contributed by atoms with van der Waals surface area (Å²) in [4.78, 5) is 5.35. The van der Waals surface area contributed by atoms with Crippen LogP contribution in [0.1, 0.15) is 17.7 Å². The number of likely N-dealkylation sites (tertiary alicyclic amines) is 1. The zero-order valence-corrected chi connectivity index (χ0v) is 14.4. The number of fused-ring (bicyclic) bond motifs is 1. The Morgan fingerprint density at radius 2 is 2.18 bits per heavy atom. The number of thiophene rings is 1. The summed E-state index contributed by atoms with van der Waals surface area (Å²) in [6, 6.07) is 4.93. The van der Waals surface area contributed by atoms with E-state index >= 15 is 0 Å². The molecular formula is C16H23ClN4S. The summed E-state index contributed by atoms with van der Waals surface area (Å²) in [5, 5.41) is 4.25. The minimum Gasteiger partial charge on any atom is -0.327 e. The second-order valence-corrected chi connectivity index (χ2v) is 7.70. The number of halogens is 1. The molecule has 3 unspecified atom stereocenters. The van der Waals surface area contributed by atoms with Crippen molar-refractivity contribution in [3.63, 3.8) is 0 Å². The molecule has 1 aliphatic carbocycles. The quantitative estimate of drug-likeness (QED) is 0.936. The van der Waals surface area contributed by atoms with Crippen LogP contribution in [-0.2, 0) is 13.6 Å². The molecule has 0 spiro atoms. The summed E-state index contributed by atoms with van der Waals surface area (Å²) in [6.07, 6.45) is 6.57. The molecule has 4 rings (SSSR count). The molecule has 1 saturated carbocycles. The average Bonchev–Trinajstić information content (AvgIpc) is 3.18. The first-order valence-corrected chi connectivity index (χ1v) is 8.56. The molecule has 0 radical (unpaired) electrons. The van der Waals surface area contributed by atoms with Crippen LogP contribution in [0.15, 0.2) is 24.5 Å². The van der Waals surface area contributed by atoms with Crippen molar-refractivity contribution >= 4 is 23.7 Å². The Labute approximate surface area is 141 Å². The van der Waals surface area contributed by atoms with Crippen molar-refractivity contribution in [1.29, 1.82) is 0 Å². The third-order valence-electron chi connectivity index (χ3n) is 5.02. The van der Waals surface area contributed by atoms with E-state index < -0.39 is 0 Å². The number of rotatable bonds is 3. The Hall–Kier alpha value is -0.880. The fraction of sp³-hybridized carbons (Fsp3) is 0.562. The Morgan fingerprint density at radius 1 is 1.32 bits per heavy atom. The lowest BCUT2D eigenvalue weighted by Crippen LogP contribution is -2.30. The number of nitrogens with two attached hydrogens (primary N) is 1. The van der Waals surface area contributed by atoms with Crippen molar-refractivity contribution in [2.45, 2.75) is 25.4 Å². The van der Waals surface area contributed by atoms with Crippen LogP contribution in [0.25, 0.3) is 10.4 Å². The van der Waals surface area contributed by atoms with E-state index in [1.807, 2.05) is 29.3 Å². The van der Waals surface area contributed by atoms with E-state index in [2.05, 4.69) is 28.3 Å². The van der Waals surface area contributed by atoms with E-state index in [4.69, 9.17) is 5.73 Å². The van der Waals surface area contributed by atoms with Crippen molar-refractivity contribution in [2.75, 3.05) is 13.1 Å². The maximum Gasteiger partial charge on any atom is 0.0576 e. The van der Waals surface area contributed by atoms with Crippen LogP contribution in [0, 0.1) is 11.8 Å². The second kappa shape index (κ2) is 6.32. The van der Waals surface area contributed by atoms with Gasteiger partial charge < -0.3 is 5.73 Å². The predicted octanol–water partition coefficient (Wildman–Crippen LogP) is 2.74. The number of nitrogens with zero attached hydrogens (tertiary/aromatic N) is 3. The van der Waals surface area contributed by atoms with Crippen LogP contribution < -0.4 is 5.73 Å². The maximum atomic E-state index is 6.22. The van der Waals surface area contributed by atoms with Crippen LogP contribution in [0.4, 0.5) is 0 Å². The molecule has 120 valence electrons. The Balaban J connectivity index is 0.00000144. The molecule has 1 aliphatic heterocycles. The SMILES string of the molecule is Cl.Cn1cc(-c2ccc(CN3CC4CCC(N)C4C3)s2)cn1. The Morgan fingerprint density at radius 3 is 2.91 bits per heavy atom. The first-order valence-electron chi connectivity index (χ1n) is 7.75. The number of hydrogen-bond donors (Lipinski definition) is 1. The van der Waals surface area contributed by atoms with E-state index in [9.17, 15) is 0 Å². The highest BCUT2D eigenvalue weighted by Gasteiger charge is 2.40. The molecule has 0 bridgehead atoms. The van der Waals surface area contributed by atoms with Gasteiger partial charge in [0.25, 0.3) is 0 Å². The highest BCUT2D eigenvalue weighted by atomic mass is 35.5. The second-order valence-electron chi connectivity index (χ2n) is 6.53. The maximum absolute atomic E-state index is 6.22. The van der Waals surface area contributed by atoms with Crippen LogP contribution in [0.5, 0.6) is 0 Å². The molecule has 6 heteroatoms. The third-order valence-corrected chi connectivity index (χ3v) is 6.14. The van der Waals surface area contributed by atoms with E-state index in [1.54, 1.807) is 0 Å². The largest absolute Gasteiger partial charge is 0.327 e. The monoisotopic (exact) mass is 338 g/mol. The lowest BCUT2D eigenvalue weighted by Gasteiger charge is -2.17. The predicted molar refractivity (Wildman–Crippen MR) is 93.2 cm³/mol. The van der Waals surface area contributed by atoms with Gasteiger partial charge in [0.05, 0.1) is 6.20 Å². The molecule has 2 fully saturated rings. The van der Waals surface area contributed by atoms with Gasteiger partial charge in [-0.25, -0.2) is 0 Å². The van der Waals surface area contributed by atoms with Gasteiger partial charge in [-0.2, -0.15) is 5.10 Å².